The molecule has 1 atom stereocenters. The van der Waals surface area contributed by atoms with Crippen LogP contribution in [0.15, 0.2) is 41.5 Å². The first kappa shape index (κ1) is 12.9. The van der Waals surface area contributed by atoms with Crippen molar-refractivity contribution in [3.05, 3.63) is 52.6 Å². The molecular formula is C14H14N4OS. The van der Waals surface area contributed by atoms with Crippen LogP contribution in [0.5, 0.6) is 0 Å². The Labute approximate surface area is 120 Å². The van der Waals surface area contributed by atoms with E-state index in [1.807, 2.05) is 25.1 Å². The number of fused-ring (bicyclic) bond motifs is 1. The second-order valence-corrected chi connectivity index (χ2v) is 5.49. The molecule has 0 saturated carbocycles. The highest BCUT2D eigenvalue weighted by Gasteiger charge is 2.12. The van der Waals surface area contributed by atoms with Crippen molar-refractivity contribution >= 4 is 21.9 Å². The quantitative estimate of drug-likeness (QED) is 0.739. The Morgan fingerprint density at radius 3 is 2.90 bits per heavy atom. The van der Waals surface area contributed by atoms with Crippen molar-refractivity contribution < 1.29 is 0 Å². The molecule has 3 aromatic rings. The van der Waals surface area contributed by atoms with Gasteiger partial charge in [0.25, 0.3) is 5.56 Å². The minimum Gasteiger partial charge on any atom is -0.294 e. The van der Waals surface area contributed by atoms with Gasteiger partial charge >= 0.3 is 0 Å². The van der Waals surface area contributed by atoms with E-state index in [-0.39, 0.29) is 11.6 Å². The Bertz CT molecular complexity index is 765. The lowest BCUT2D eigenvalue weighted by molar-refractivity contribution is 0.489. The molecule has 0 saturated heterocycles. The Kier molecular flexibility index (Phi) is 3.56. The van der Waals surface area contributed by atoms with E-state index in [1.165, 1.54) is 5.56 Å². The first-order valence-electron chi connectivity index (χ1n) is 6.49. The SMILES string of the molecule is CC(CCc1ccccc1)n1cnc2snnc2c1=O. The van der Waals surface area contributed by atoms with Crippen LogP contribution in [0.3, 0.4) is 0 Å². The van der Waals surface area contributed by atoms with E-state index in [0.29, 0.717) is 10.3 Å². The molecule has 0 amide bonds. The average molecular weight is 286 g/mol. The predicted octanol–water partition coefficient (Wildman–Crippen LogP) is 2.44. The van der Waals surface area contributed by atoms with E-state index in [9.17, 15) is 4.79 Å². The summed E-state index contributed by atoms with van der Waals surface area (Å²) in [7, 11) is 0. The molecule has 0 aliphatic heterocycles. The molecule has 0 radical (unpaired) electrons. The molecule has 0 aliphatic carbocycles. The fourth-order valence-corrected chi connectivity index (χ4v) is 2.68. The van der Waals surface area contributed by atoms with Crippen molar-refractivity contribution in [3.63, 3.8) is 0 Å². The van der Waals surface area contributed by atoms with Gasteiger partial charge in [0.15, 0.2) is 10.3 Å². The van der Waals surface area contributed by atoms with E-state index in [2.05, 4.69) is 26.7 Å². The van der Waals surface area contributed by atoms with E-state index >= 15 is 0 Å². The van der Waals surface area contributed by atoms with Crippen LogP contribution >= 0.6 is 11.5 Å². The van der Waals surface area contributed by atoms with Gasteiger partial charge in [-0.1, -0.05) is 34.8 Å². The molecule has 2 aromatic heterocycles. The van der Waals surface area contributed by atoms with Gasteiger partial charge in [-0.05, 0) is 25.3 Å². The second kappa shape index (κ2) is 5.50. The number of aryl methyl sites for hydroxylation is 1. The largest absolute Gasteiger partial charge is 0.294 e. The van der Waals surface area contributed by atoms with E-state index in [0.717, 1.165) is 24.4 Å². The minimum absolute atomic E-state index is 0.0845. The number of aromatic nitrogens is 4. The highest BCUT2D eigenvalue weighted by Crippen LogP contribution is 2.14. The maximum absolute atomic E-state index is 12.3. The fourth-order valence-electron chi connectivity index (χ4n) is 2.17. The molecular weight excluding hydrogens is 272 g/mol. The number of benzene rings is 1. The lowest BCUT2D eigenvalue weighted by atomic mass is 10.1. The Morgan fingerprint density at radius 2 is 2.10 bits per heavy atom. The Hall–Kier alpha value is -2.08. The molecule has 0 bridgehead atoms. The summed E-state index contributed by atoms with van der Waals surface area (Å²) in [5.41, 5.74) is 1.53. The highest BCUT2D eigenvalue weighted by molar-refractivity contribution is 7.12. The van der Waals surface area contributed by atoms with Gasteiger partial charge in [-0.2, -0.15) is 0 Å². The van der Waals surface area contributed by atoms with Crippen LogP contribution < -0.4 is 5.56 Å². The summed E-state index contributed by atoms with van der Waals surface area (Å²) in [4.78, 5) is 17.1. The van der Waals surface area contributed by atoms with Crippen molar-refractivity contribution in [1.82, 2.24) is 19.1 Å². The molecule has 102 valence electrons. The van der Waals surface area contributed by atoms with Gasteiger partial charge in [0.1, 0.15) is 0 Å². The maximum atomic E-state index is 12.3. The van der Waals surface area contributed by atoms with Crippen LogP contribution in [-0.2, 0) is 6.42 Å². The summed E-state index contributed by atoms with van der Waals surface area (Å²) in [6.45, 7) is 2.03. The van der Waals surface area contributed by atoms with Gasteiger partial charge in [0.2, 0.25) is 0 Å². The first-order chi connectivity index (χ1) is 9.75. The van der Waals surface area contributed by atoms with Crippen molar-refractivity contribution in [2.45, 2.75) is 25.8 Å². The van der Waals surface area contributed by atoms with Crippen LogP contribution in [0.2, 0.25) is 0 Å². The van der Waals surface area contributed by atoms with Crippen molar-refractivity contribution in [3.8, 4) is 0 Å². The van der Waals surface area contributed by atoms with E-state index in [4.69, 9.17) is 0 Å². The van der Waals surface area contributed by atoms with Crippen LogP contribution in [0.25, 0.3) is 10.3 Å². The zero-order valence-corrected chi connectivity index (χ0v) is 11.9. The van der Waals surface area contributed by atoms with Crippen LogP contribution in [0, 0.1) is 0 Å². The van der Waals surface area contributed by atoms with Crippen LogP contribution in [-0.4, -0.2) is 19.1 Å². The van der Waals surface area contributed by atoms with Gasteiger partial charge in [0, 0.05) is 17.6 Å². The molecule has 0 fully saturated rings. The van der Waals surface area contributed by atoms with Gasteiger partial charge < -0.3 is 0 Å². The molecule has 0 N–H and O–H groups in total. The monoisotopic (exact) mass is 286 g/mol. The third kappa shape index (κ3) is 2.46. The summed E-state index contributed by atoms with van der Waals surface area (Å²) < 4.78 is 5.42. The molecule has 6 heteroatoms. The zero-order valence-electron chi connectivity index (χ0n) is 11.1. The number of hydrogen-bond donors (Lipinski definition) is 0. The zero-order chi connectivity index (χ0) is 13.9. The van der Waals surface area contributed by atoms with Crippen LogP contribution in [0.1, 0.15) is 24.9 Å². The highest BCUT2D eigenvalue weighted by atomic mass is 32.1. The summed E-state index contributed by atoms with van der Waals surface area (Å²) in [6.07, 6.45) is 3.41. The topological polar surface area (TPSA) is 60.7 Å². The minimum atomic E-state index is -0.107. The molecule has 0 aliphatic rings. The molecule has 3 rings (SSSR count). The molecule has 0 spiro atoms. The molecule has 2 heterocycles. The average Bonchev–Trinajstić information content (AvgIpc) is 2.96. The van der Waals surface area contributed by atoms with Gasteiger partial charge in [-0.3, -0.25) is 9.36 Å². The summed E-state index contributed by atoms with van der Waals surface area (Å²) >= 11 is 1.15. The van der Waals surface area contributed by atoms with Gasteiger partial charge in [-0.25, -0.2) is 4.98 Å². The fraction of sp³-hybridized carbons (Fsp3) is 0.286. The lowest BCUT2D eigenvalue weighted by Crippen LogP contribution is -2.24. The summed E-state index contributed by atoms with van der Waals surface area (Å²) in [5, 5.41) is 3.85. The number of nitrogens with zero attached hydrogens (tertiary/aromatic N) is 4. The second-order valence-electron chi connectivity index (χ2n) is 4.76. The van der Waals surface area contributed by atoms with Crippen molar-refractivity contribution in [1.29, 1.82) is 0 Å². The van der Waals surface area contributed by atoms with E-state index < -0.39 is 0 Å². The molecule has 20 heavy (non-hydrogen) atoms. The number of hydrogen-bond acceptors (Lipinski definition) is 5. The predicted molar refractivity (Wildman–Crippen MR) is 78.9 cm³/mol. The first-order valence-corrected chi connectivity index (χ1v) is 7.26. The maximum Gasteiger partial charge on any atom is 0.282 e. The van der Waals surface area contributed by atoms with Gasteiger partial charge in [-0.15, -0.1) is 5.10 Å². The normalized spacial score (nSPS) is 12.7. The number of rotatable bonds is 4. The summed E-state index contributed by atoms with van der Waals surface area (Å²) in [6, 6.07) is 10.3. The molecule has 1 aromatic carbocycles. The Morgan fingerprint density at radius 1 is 1.30 bits per heavy atom. The Balaban J connectivity index is 1.80. The molecule has 1 unspecified atom stereocenters. The third-order valence-electron chi connectivity index (χ3n) is 3.38. The standard InChI is InChI=1S/C14H14N4OS/c1-10(7-8-11-5-3-2-4-6-11)18-9-15-13-12(14(18)19)16-17-20-13/h2-6,9-10H,7-8H2,1H3. The molecule has 5 nitrogen and oxygen atoms in total. The van der Waals surface area contributed by atoms with Crippen molar-refractivity contribution in [2.75, 3.05) is 0 Å². The van der Waals surface area contributed by atoms with Gasteiger partial charge in [0.05, 0.1) is 6.33 Å². The third-order valence-corrected chi connectivity index (χ3v) is 4.01. The smallest absolute Gasteiger partial charge is 0.282 e. The summed E-state index contributed by atoms with van der Waals surface area (Å²) in [5.74, 6) is 0. The lowest BCUT2D eigenvalue weighted by Gasteiger charge is -2.14. The van der Waals surface area contributed by atoms with Crippen molar-refractivity contribution in [2.24, 2.45) is 0 Å². The van der Waals surface area contributed by atoms with E-state index in [1.54, 1.807) is 10.9 Å². The van der Waals surface area contributed by atoms with Crippen LogP contribution in [0.4, 0.5) is 0 Å².